The van der Waals surface area contributed by atoms with Crippen molar-refractivity contribution in [3.05, 3.63) is 39.5 Å². The van der Waals surface area contributed by atoms with Crippen molar-refractivity contribution in [2.45, 2.75) is 0 Å². The molecule has 0 spiro atoms. The Hall–Kier alpha value is -0.640. The van der Waals surface area contributed by atoms with Gasteiger partial charge in [-0.05, 0) is 40.3 Å². The summed E-state index contributed by atoms with van der Waals surface area (Å²) in [6.07, 6.45) is 4.08. The molecular weight excluding hydrogens is 251 g/mol. The SMILES string of the molecule is O=C/C=C/c1ccccc1I. The Labute approximate surface area is 79.3 Å². The molecule has 1 nitrogen and oxygen atoms in total. The molecule has 0 aliphatic heterocycles. The molecule has 0 aromatic heterocycles. The first kappa shape index (κ1) is 8.46. The van der Waals surface area contributed by atoms with Crippen LogP contribution >= 0.6 is 22.6 Å². The van der Waals surface area contributed by atoms with E-state index in [1.54, 1.807) is 6.08 Å². The predicted molar refractivity (Wildman–Crippen MR) is 54.3 cm³/mol. The monoisotopic (exact) mass is 258 g/mol. The fraction of sp³-hybridized carbons (Fsp3) is 0. The Balaban J connectivity index is 2.94. The number of carbonyl (C=O) groups is 1. The zero-order valence-electron chi connectivity index (χ0n) is 5.83. The van der Waals surface area contributed by atoms with Gasteiger partial charge in [-0.3, -0.25) is 4.79 Å². The lowest BCUT2D eigenvalue weighted by atomic mass is 10.2. The van der Waals surface area contributed by atoms with Gasteiger partial charge in [0.05, 0.1) is 0 Å². The number of hydrogen-bond donors (Lipinski definition) is 0. The molecule has 0 unspecified atom stereocenters. The highest BCUT2D eigenvalue weighted by Crippen LogP contribution is 2.12. The van der Waals surface area contributed by atoms with E-state index in [1.165, 1.54) is 6.08 Å². The third-order valence-electron chi connectivity index (χ3n) is 1.26. The van der Waals surface area contributed by atoms with Gasteiger partial charge in [-0.15, -0.1) is 0 Å². The van der Waals surface area contributed by atoms with Crippen LogP contribution in [0.25, 0.3) is 6.08 Å². The minimum atomic E-state index is 0.781. The molecular formula is C9H7IO. The number of benzene rings is 1. The van der Waals surface area contributed by atoms with E-state index < -0.39 is 0 Å². The minimum absolute atomic E-state index is 0.781. The summed E-state index contributed by atoms with van der Waals surface area (Å²) in [5.41, 5.74) is 1.08. The maximum absolute atomic E-state index is 10.0. The van der Waals surface area contributed by atoms with Crippen molar-refractivity contribution in [2.24, 2.45) is 0 Å². The molecule has 1 rings (SSSR count). The maximum Gasteiger partial charge on any atom is 0.142 e. The Morgan fingerprint density at radius 3 is 2.64 bits per heavy atom. The first-order chi connectivity index (χ1) is 5.34. The average Bonchev–Trinajstić information content (AvgIpc) is 2.03. The van der Waals surface area contributed by atoms with E-state index in [9.17, 15) is 4.79 Å². The van der Waals surface area contributed by atoms with Gasteiger partial charge >= 0.3 is 0 Å². The summed E-state index contributed by atoms with van der Waals surface area (Å²) in [6.45, 7) is 0. The number of allylic oxidation sites excluding steroid dienone is 1. The van der Waals surface area contributed by atoms with Gasteiger partial charge in [-0.2, -0.15) is 0 Å². The average molecular weight is 258 g/mol. The highest BCUT2D eigenvalue weighted by atomic mass is 127. The van der Waals surface area contributed by atoms with E-state index in [1.807, 2.05) is 24.3 Å². The summed E-state index contributed by atoms with van der Waals surface area (Å²) >= 11 is 2.23. The molecule has 0 atom stereocenters. The van der Waals surface area contributed by atoms with Gasteiger partial charge in [-0.25, -0.2) is 0 Å². The third-order valence-corrected chi connectivity index (χ3v) is 2.24. The molecule has 56 valence electrons. The highest BCUT2D eigenvalue weighted by Gasteiger charge is 1.90. The van der Waals surface area contributed by atoms with Gasteiger partial charge in [0.15, 0.2) is 0 Å². The third kappa shape index (κ3) is 2.46. The Bertz CT molecular complexity index is 279. The quantitative estimate of drug-likeness (QED) is 0.452. The zero-order valence-corrected chi connectivity index (χ0v) is 7.99. The summed E-state index contributed by atoms with van der Waals surface area (Å²) < 4.78 is 1.16. The van der Waals surface area contributed by atoms with Gasteiger partial charge in [0.1, 0.15) is 6.29 Å². The van der Waals surface area contributed by atoms with Crippen molar-refractivity contribution in [3.8, 4) is 0 Å². The molecule has 0 fully saturated rings. The first-order valence-electron chi connectivity index (χ1n) is 3.21. The first-order valence-corrected chi connectivity index (χ1v) is 4.29. The molecule has 1 aromatic carbocycles. The lowest BCUT2D eigenvalue weighted by Crippen LogP contribution is -1.76. The number of halogens is 1. The van der Waals surface area contributed by atoms with Crippen molar-refractivity contribution < 1.29 is 4.79 Å². The standard InChI is InChI=1S/C9H7IO/c10-9-6-2-1-4-8(9)5-3-7-11/h1-7H/b5-3+. The molecule has 0 aliphatic carbocycles. The van der Waals surface area contributed by atoms with Crippen LogP contribution in [-0.2, 0) is 4.79 Å². The molecule has 0 saturated heterocycles. The van der Waals surface area contributed by atoms with E-state index in [2.05, 4.69) is 22.6 Å². The molecule has 0 heterocycles. The van der Waals surface area contributed by atoms with Crippen LogP contribution in [0.4, 0.5) is 0 Å². The van der Waals surface area contributed by atoms with E-state index in [4.69, 9.17) is 0 Å². The Kier molecular flexibility index (Phi) is 3.29. The van der Waals surface area contributed by atoms with Crippen LogP contribution in [0.5, 0.6) is 0 Å². The summed E-state index contributed by atoms with van der Waals surface area (Å²) in [5, 5.41) is 0. The van der Waals surface area contributed by atoms with Gasteiger partial charge in [0, 0.05) is 3.57 Å². The molecule has 0 N–H and O–H groups in total. The minimum Gasteiger partial charge on any atom is -0.299 e. The predicted octanol–water partition coefficient (Wildman–Crippen LogP) is 2.50. The fourth-order valence-electron chi connectivity index (χ4n) is 0.753. The van der Waals surface area contributed by atoms with Crippen LogP contribution in [0.3, 0.4) is 0 Å². The molecule has 0 radical (unpaired) electrons. The normalized spacial score (nSPS) is 10.3. The topological polar surface area (TPSA) is 17.1 Å². The van der Waals surface area contributed by atoms with Crippen molar-refractivity contribution in [1.82, 2.24) is 0 Å². The number of aldehydes is 1. The lowest BCUT2D eigenvalue weighted by Gasteiger charge is -1.94. The van der Waals surface area contributed by atoms with Crippen LogP contribution in [-0.4, -0.2) is 6.29 Å². The zero-order chi connectivity index (χ0) is 8.10. The second kappa shape index (κ2) is 4.28. The number of carbonyl (C=O) groups excluding carboxylic acids is 1. The Morgan fingerprint density at radius 2 is 2.00 bits per heavy atom. The van der Waals surface area contributed by atoms with Gasteiger partial charge in [0.2, 0.25) is 0 Å². The Morgan fingerprint density at radius 1 is 1.27 bits per heavy atom. The molecule has 2 heteroatoms. The smallest absolute Gasteiger partial charge is 0.142 e. The summed E-state index contributed by atoms with van der Waals surface area (Å²) in [5.74, 6) is 0. The van der Waals surface area contributed by atoms with Gasteiger partial charge < -0.3 is 0 Å². The summed E-state index contributed by atoms with van der Waals surface area (Å²) in [4.78, 5) is 10.0. The van der Waals surface area contributed by atoms with Crippen LogP contribution in [0.2, 0.25) is 0 Å². The summed E-state index contributed by atoms with van der Waals surface area (Å²) in [7, 11) is 0. The molecule has 0 saturated carbocycles. The van der Waals surface area contributed by atoms with E-state index in [0.717, 1.165) is 15.4 Å². The highest BCUT2D eigenvalue weighted by molar-refractivity contribution is 14.1. The number of rotatable bonds is 2. The van der Waals surface area contributed by atoms with Crippen LogP contribution in [0.1, 0.15) is 5.56 Å². The molecule has 0 amide bonds. The molecule has 0 aliphatic rings. The van der Waals surface area contributed by atoms with E-state index >= 15 is 0 Å². The molecule has 1 aromatic rings. The van der Waals surface area contributed by atoms with Crippen LogP contribution in [0.15, 0.2) is 30.3 Å². The van der Waals surface area contributed by atoms with Gasteiger partial charge in [0.25, 0.3) is 0 Å². The van der Waals surface area contributed by atoms with Crippen LogP contribution in [0, 0.1) is 3.57 Å². The van der Waals surface area contributed by atoms with Crippen LogP contribution < -0.4 is 0 Å². The molecule has 11 heavy (non-hydrogen) atoms. The molecule has 0 bridgehead atoms. The second-order valence-electron chi connectivity index (χ2n) is 2.02. The largest absolute Gasteiger partial charge is 0.299 e. The lowest BCUT2D eigenvalue weighted by molar-refractivity contribution is -0.104. The fourth-order valence-corrected chi connectivity index (χ4v) is 1.32. The second-order valence-corrected chi connectivity index (χ2v) is 3.18. The van der Waals surface area contributed by atoms with Crippen molar-refractivity contribution in [2.75, 3.05) is 0 Å². The summed E-state index contributed by atoms with van der Waals surface area (Å²) in [6, 6.07) is 7.90. The van der Waals surface area contributed by atoms with Gasteiger partial charge in [-0.1, -0.05) is 24.3 Å². The van der Waals surface area contributed by atoms with Crippen molar-refractivity contribution in [3.63, 3.8) is 0 Å². The number of hydrogen-bond acceptors (Lipinski definition) is 1. The van der Waals surface area contributed by atoms with E-state index in [-0.39, 0.29) is 0 Å². The van der Waals surface area contributed by atoms with E-state index in [0.29, 0.717) is 0 Å². The van der Waals surface area contributed by atoms with Crippen molar-refractivity contribution >= 4 is 35.0 Å². The van der Waals surface area contributed by atoms with Crippen molar-refractivity contribution in [1.29, 1.82) is 0 Å². The maximum atomic E-state index is 10.0.